The zero-order chi connectivity index (χ0) is 14.2. The predicted molar refractivity (Wildman–Crippen MR) is 92.2 cm³/mol. The van der Waals surface area contributed by atoms with Crippen LogP contribution in [0.2, 0.25) is 0 Å². The van der Waals surface area contributed by atoms with Crippen molar-refractivity contribution >= 4 is 13.2 Å². The van der Waals surface area contributed by atoms with Crippen LogP contribution in [-0.4, -0.2) is 6.16 Å². The molecule has 2 aromatic rings. The Morgan fingerprint density at radius 2 is 1.45 bits per heavy atom. The highest BCUT2D eigenvalue weighted by Crippen LogP contribution is 2.58. The van der Waals surface area contributed by atoms with Crippen LogP contribution in [0.1, 0.15) is 44.3 Å². The lowest BCUT2D eigenvalue weighted by molar-refractivity contribution is 0.827. The van der Waals surface area contributed by atoms with Gasteiger partial charge in [0.05, 0.1) is 0 Å². The van der Waals surface area contributed by atoms with E-state index < -0.39 is 0 Å². The normalized spacial score (nSPS) is 21.1. The maximum Gasteiger partial charge on any atom is 0.00820 e. The molecule has 0 N–H and O–H groups in total. The van der Waals surface area contributed by atoms with Crippen molar-refractivity contribution in [1.29, 1.82) is 0 Å². The molecule has 0 spiro atoms. The van der Waals surface area contributed by atoms with E-state index >= 15 is 0 Å². The monoisotopic (exact) mass is 284 g/mol. The molecule has 0 amide bonds. The Morgan fingerprint density at radius 1 is 0.900 bits per heavy atom. The Morgan fingerprint density at radius 3 is 2.05 bits per heavy atom. The van der Waals surface area contributed by atoms with Crippen LogP contribution in [0.5, 0.6) is 0 Å². The zero-order valence-corrected chi connectivity index (χ0v) is 13.5. The maximum atomic E-state index is 2.31. The van der Waals surface area contributed by atoms with E-state index in [1.165, 1.54) is 25.4 Å². The second kappa shape index (κ2) is 8.22. The van der Waals surface area contributed by atoms with Crippen molar-refractivity contribution in [2.45, 2.75) is 38.8 Å². The molecule has 2 unspecified atom stereocenters. The topological polar surface area (TPSA) is 0 Å². The molecule has 2 aromatic carbocycles. The van der Waals surface area contributed by atoms with Crippen molar-refractivity contribution in [2.24, 2.45) is 0 Å². The largest absolute Gasteiger partial charge is 0.0677 e. The van der Waals surface area contributed by atoms with Gasteiger partial charge in [0.15, 0.2) is 0 Å². The van der Waals surface area contributed by atoms with Crippen molar-refractivity contribution in [3.63, 3.8) is 0 Å². The Labute approximate surface area is 125 Å². The van der Waals surface area contributed by atoms with E-state index in [1.54, 1.807) is 10.9 Å². The van der Waals surface area contributed by atoms with Crippen LogP contribution in [0.4, 0.5) is 0 Å². The minimum atomic E-state index is 0.0201. The molecule has 1 aliphatic rings. The van der Waals surface area contributed by atoms with Crippen LogP contribution >= 0.6 is 7.92 Å². The molecule has 1 aliphatic heterocycles. The van der Waals surface area contributed by atoms with Gasteiger partial charge >= 0.3 is 0 Å². The molecule has 1 saturated heterocycles. The number of benzene rings is 2. The second-order valence-electron chi connectivity index (χ2n) is 5.30. The number of hydrogen-bond acceptors (Lipinski definition) is 0. The van der Waals surface area contributed by atoms with E-state index in [9.17, 15) is 0 Å². The molecule has 1 heterocycles. The standard InChI is InChI=1S/C16H17P.C3H8/c1-3-8-14(9-4-1)16-12-7-13-17(16)15-10-5-2-6-11-15;1-3-2/h1-6,8-11,16H,7,12-13H2;3H2,1-2H3. The first-order valence-electron chi connectivity index (χ1n) is 7.73. The molecule has 106 valence electrons. The van der Waals surface area contributed by atoms with Gasteiger partial charge in [0.2, 0.25) is 0 Å². The van der Waals surface area contributed by atoms with Gasteiger partial charge in [0.1, 0.15) is 0 Å². The van der Waals surface area contributed by atoms with Crippen molar-refractivity contribution in [1.82, 2.24) is 0 Å². The molecule has 0 radical (unpaired) electrons. The zero-order valence-electron chi connectivity index (χ0n) is 12.6. The number of hydrogen-bond donors (Lipinski definition) is 0. The van der Waals surface area contributed by atoms with E-state index in [2.05, 4.69) is 74.5 Å². The molecule has 0 nitrogen and oxygen atoms in total. The summed E-state index contributed by atoms with van der Waals surface area (Å²) in [5, 5.41) is 1.58. The summed E-state index contributed by atoms with van der Waals surface area (Å²) in [6, 6.07) is 22.2. The van der Waals surface area contributed by atoms with Gasteiger partial charge in [-0.05, 0) is 29.9 Å². The Kier molecular flexibility index (Phi) is 6.27. The van der Waals surface area contributed by atoms with Crippen LogP contribution in [0.15, 0.2) is 60.7 Å². The third-order valence-electron chi connectivity index (χ3n) is 3.52. The molecule has 0 bridgehead atoms. The van der Waals surface area contributed by atoms with Gasteiger partial charge in [-0.3, -0.25) is 0 Å². The fourth-order valence-electron chi connectivity index (χ4n) is 2.72. The fourth-order valence-corrected chi connectivity index (χ4v) is 5.75. The van der Waals surface area contributed by atoms with E-state index in [4.69, 9.17) is 0 Å². The first-order valence-corrected chi connectivity index (χ1v) is 9.33. The molecule has 1 fully saturated rings. The van der Waals surface area contributed by atoms with Crippen LogP contribution in [0, 0.1) is 0 Å². The summed E-state index contributed by atoms with van der Waals surface area (Å²) in [5.74, 6) is 0. The third-order valence-corrected chi connectivity index (χ3v) is 6.59. The molecular formula is C19H25P. The lowest BCUT2D eigenvalue weighted by atomic mass is 10.1. The second-order valence-corrected chi connectivity index (χ2v) is 7.83. The van der Waals surface area contributed by atoms with Gasteiger partial charge in [0.25, 0.3) is 0 Å². The number of rotatable bonds is 2. The van der Waals surface area contributed by atoms with E-state index in [0.717, 1.165) is 5.66 Å². The van der Waals surface area contributed by atoms with Crippen LogP contribution < -0.4 is 5.30 Å². The van der Waals surface area contributed by atoms with Gasteiger partial charge in [-0.15, -0.1) is 0 Å². The predicted octanol–water partition coefficient (Wildman–Crippen LogP) is 5.75. The molecule has 20 heavy (non-hydrogen) atoms. The van der Waals surface area contributed by atoms with E-state index in [0.29, 0.717) is 0 Å². The lowest BCUT2D eigenvalue weighted by Gasteiger charge is -2.21. The summed E-state index contributed by atoms with van der Waals surface area (Å²) in [6.45, 7) is 4.25. The average molecular weight is 284 g/mol. The van der Waals surface area contributed by atoms with Crippen molar-refractivity contribution < 1.29 is 0 Å². The van der Waals surface area contributed by atoms with E-state index in [1.807, 2.05) is 0 Å². The SMILES string of the molecule is CCC.c1ccc(C2CCCP2c2ccccc2)cc1. The molecule has 0 aliphatic carbocycles. The first kappa shape index (κ1) is 15.3. The average Bonchev–Trinajstić information content (AvgIpc) is 2.99. The summed E-state index contributed by atoms with van der Waals surface area (Å²) in [6.07, 6.45) is 5.41. The van der Waals surface area contributed by atoms with Gasteiger partial charge in [-0.2, -0.15) is 0 Å². The summed E-state index contributed by atoms with van der Waals surface area (Å²) >= 11 is 0. The minimum absolute atomic E-state index is 0.0201. The smallest absolute Gasteiger partial charge is 0.00820 e. The van der Waals surface area contributed by atoms with Gasteiger partial charge < -0.3 is 0 Å². The summed E-state index contributed by atoms with van der Waals surface area (Å²) < 4.78 is 0. The van der Waals surface area contributed by atoms with Gasteiger partial charge in [-0.1, -0.05) is 88.9 Å². The summed E-state index contributed by atoms with van der Waals surface area (Å²) in [7, 11) is 0.0201. The van der Waals surface area contributed by atoms with Gasteiger partial charge in [0, 0.05) is 5.66 Å². The minimum Gasteiger partial charge on any atom is -0.0677 e. The van der Waals surface area contributed by atoms with Crippen molar-refractivity contribution in [2.75, 3.05) is 6.16 Å². The highest BCUT2D eigenvalue weighted by molar-refractivity contribution is 7.66. The molecular weight excluding hydrogens is 259 g/mol. The summed E-state index contributed by atoms with van der Waals surface area (Å²) in [5.41, 5.74) is 2.33. The molecule has 1 heteroatoms. The van der Waals surface area contributed by atoms with E-state index in [-0.39, 0.29) is 7.92 Å². The van der Waals surface area contributed by atoms with Crippen molar-refractivity contribution in [3.8, 4) is 0 Å². The Bertz CT molecular complexity index is 432. The Hall–Kier alpha value is -1.13. The third kappa shape index (κ3) is 3.93. The molecule has 2 atom stereocenters. The summed E-state index contributed by atoms with van der Waals surface area (Å²) in [4.78, 5) is 0. The Balaban J connectivity index is 0.000000452. The molecule has 0 aromatic heterocycles. The van der Waals surface area contributed by atoms with Crippen LogP contribution in [0.3, 0.4) is 0 Å². The first-order chi connectivity index (χ1) is 9.86. The highest BCUT2D eigenvalue weighted by Gasteiger charge is 2.28. The maximum absolute atomic E-state index is 2.31. The molecule has 3 rings (SSSR count). The van der Waals surface area contributed by atoms with Gasteiger partial charge in [-0.25, -0.2) is 0 Å². The lowest BCUT2D eigenvalue weighted by Crippen LogP contribution is -2.04. The fraction of sp³-hybridized carbons (Fsp3) is 0.368. The van der Waals surface area contributed by atoms with Crippen LogP contribution in [-0.2, 0) is 0 Å². The van der Waals surface area contributed by atoms with Crippen LogP contribution in [0.25, 0.3) is 0 Å². The highest BCUT2D eigenvalue weighted by atomic mass is 31.1. The molecule has 0 saturated carbocycles. The van der Waals surface area contributed by atoms with Crippen molar-refractivity contribution in [3.05, 3.63) is 66.2 Å². The quantitative estimate of drug-likeness (QED) is 0.616.